The molecular formula is C16H24N4OS. The second-order valence-electron chi connectivity index (χ2n) is 5.98. The van der Waals surface area contributed by atoms with Gasteiger partial charge in [0.2, 0.25) is 4.96 Å². The Labute approximate surface area is 135 Å². The predicted molar refractivity (Wildman–Crippen MR) is 89.5 cm³/mol. The van der Waals surface area contributed by atoms with Crippen molar-refractivity contribution in [3.8, 4) is 0 Å². The Morgan fingerprint density at radius 3 is 2.77 bits per heavy atom. The highest BCUT2D eigenvalue weighted by Gasteiger charge is 2.21. The summed E-state index contributed by atoms with van der Waals surface area (Å²) in [5.74, 6) is 0. The van der Waals surface area contributed by atoms with E-state index in [0.717, 1.165) is 35.2 Å². The SMILES string of the molecule is CCc1nn2c(=O)cc(CN(CC)C3CCCCC3)nc2s1. The molecule has 0 bridgehead atoms. The molecule has 0 spiro atoms. The summed E-state index contributed by atoms with van der Waals surface area (Å²) < 4.78 is 1.43. The van der Waals surface area contributed by atoms with E-state index >= 15 is 0 Å². The number of aryl methyl sites for hydroxylation is 1. The van der Waals surface area contributed by atoms with Crippen LogP contribution in [0.2, 0.25) is 0 Å². The Kier molecular flexibility index (Phi) is 4.88. The van der Waals surface area contributed by atoms with Gasteiger partial charge in [0.05, 0.1) is 5.69 Å². The van der Waals surface area contributed by atoms with Gasteiger partial charge in [-0.15, -0.1) is 0 Å². The highest BCUT2D eigenvalue weighted by Crippen LogP contribution is 2.23. The monoisotopic (exact) mass is 320 g/mol. The van der Waals surface area contributed by atoms with Crippen LogP contribution in [0.1, 0.15) is 56.7 Å². The van der Waals surface area contributed by atoms with Crippen LogP contribution in [0, 0.1) is 0 Å². The number of rotatable bonds is 5. The molecule has 1 aliphatic rings. The van der Waals surface area contributed by atoms with Gasteiger partial charge in [-0.1, -0.05) is 44.4 Å². The van der Waals surface area contributed by atoms with E-state index in [-0.39, 0.29) is 5.56 Å². The summed E-state index contributed by atoms with van der Waals surface area (Å²) >= 11 is 1.52. The molecule has 5 nitrogen and oxygen atoms in total. The van der Waals surface area contributed by atoms with E-state index in [1.807, 2.05) is 6.92 Å². The lowest BCUT2D eigenvalue weighted by Crippen LogP contribution is -2.36. The van der Waals surface area contributed by atoms with Gasteiger partial charge in [-0.2, -0.15) is 9.61 Å². The van der Waals surface area contributed by atoms with Crippen molar-refractivity contribution in [2.45, 2.75) is 65.0 Å². The van der Waals surface area contributed by atoms with Crippen LogP contribution < -0.4 is 5.56 Å². The van der Waals surface area contributed by atoms with Crippen LogP contribution in [0.4, 0.5) is 0 Å². The minimum Gasteiger partial charge on any atom is -0.295 e. The highest BCUT2D eigenvalue weighted by atomic mass is 32.1. The minimum atomic E-state index is -0.0596. The fourth-order valence-corrected chi connectivity index (χ4v) is 4.13. The summed E-state index contributed by atoms with van der Waals surface area (Å²) in [5, 5.41) is 5.27. The molecule has 2 heterocycles. The van der Waals surface area contributed by atoms with Crippen LogP contribution in [-0.2, 0) is 13.0 Å². The molecule has 0 amide bonds. The standard InChI is InChI=1S/C16H24N4OS/c1-3-14-18-20-15(21)10-12(17-16(20)22-14)11-19(4-2)13-8-6-5-7-9-13/h10,13H,3-9,11H2,1-2H3. The first-order valence-electron chi connectivity index (χ1n) is 8.34. The van der Waals surface area contributed by atoms with E-state index < -0.39 is 0 Å². The fourth-order valence-electron chi connectivity index (χ4n) is 3.27. The van der Waals surface area contributed by atoms with Crippen LogP contribution in [0.5, 0.6) is 0 Å². The highest BCUT2D eigenvalue weighted by molar-refractivity contribution is 7.16. The van der Waals surface area contributed by atoms with Crippen molar-refractivity contribution >= 4 is 16.3 Å². The van der Waals surface area contributed by atoms with Gasteiger partial charge < -0.3 is 0 Å². The zero-order valence-corrected chi connectivity index (χ0v) is 14.2. The van der Waals surface area contributed by atoms with Crippen LogP contribution in [0.3, 0.4) is 0 Å². The van der Waals surface area contributed by atoms with Gasteiger partial charge in [0, 0.05) is 18.7 Å². The zero-order valence-electron chi connectivity index (χ0n) is 13.4. The summed E-state index contributed by atoms with van der Waals surface area (Å²) in [5.41, 5.74) is 0.819. The molecule has 0 N–H and O–H groups in total. The zero-order chi connectivity index (χ0) is 15.5. The van der Waals surface area contributed by atoms with E-state index in [1.54, 1.807) is 6.07 Å². The third-order valence-electron chi connectivity index (χ3n) is 4.50. The van der Waals surface area contributed by atoms with E-state index in [9.17, 15) is 4.79 Å². The third kappa shape index (κ3) is 3.22. The Balaban J connectivity index is 1.84. The summed E-state index contributed by atoms with van der Waals surface area (Å²) in [6, 6.07) is 2.30. The van der Waals surface area contributed by atoms with Crippen molar-refractivity contribution in [1.29, 1.82) is 0 Å². The predicted octanol–water partition coefficient (Wildman–Crippen LogP) is 2.87. The maximum absolute atomic E-state index is 12.2. The Morgan fingerprint density at radius 1 is 1.32 bits per heavy atom. The summed E-state index contributed by atoms with van der Waals surface area (Å²) in [7, 11) is 0. The molecule has 1 fully saturated rings. The molecule has 0 saturated heterocycles. The van der Waals surface area contributed by atoms with Gasteiger partial charge in [0.25, 0.3) is 5.56 Å². The minimum absolute atomic E-state index is 0.0596. The maximum atomic E-state index is 12.2. The van der Waals surface area contributed by atoms with Gasteiger partial charge in [0.1, 0.15) is 5.01 Å². The van der Waals surface area contributed by atoms with Crippen LogP contribution in [-0.4, -0.2) is 32.1 Å². The quantitative estimate of drug-likeness (QED) is 0.850. The molecule has 0 aliphatic heterocycles. The average molecular weight is 320 g/mol. The Bertz CT molecular complexity index is 687. The summed E-state index contributed by atoms with van der Waals surface area (Å²) in [6.45, 7) is 6.02. The number of nitrogens with zero attached hydrogens (tertiary/aromatic N) is 4. The molecule has 2 aromatic heterocycles. The van der Waals surface area contributed by atoms with E-state index in [2.05, 4.69) is 21.9 Å². The normalized spacial score (nSPS) is 16.7. The molecule has 2 aromatic rings. The average Bonchev–Trinajstić information content (AvgIpc) is 2.97. The van der Waals surface area contributed by atoms with Crippen LogP contribution in [0.25, 0.3) is 4.96 Å². The molecule has 0 unspecified atom stereocenters. The number of hydrogen-bond acceptors (Lipinski definition) is 5. The van der Waals surface area contributed by atoms with Gasteiger partial charge in [-0.25, -0.2) is 4.98 Å². The number of hydrogen-bond donors (Lipinski definition) is 0. The topological polar surface area (TPSA) is 50.5 Å². The fraction of sp³-hybridized carbons (Fsp3) is 0.688. The molecule has 0 aromatic carbocycles. The third-order valence-corrected chi connectivity index (χ3v) is 5.56. The second-order valence-corrected chi connectivity index (χ2v) is 7.02. The molecule has 3 rings (SSSR count). The van der Waals surface area contributed by atoms with Crippen molar-refractivity contribution < 1.29 is 0 Å². The lowest BCUT2D eigenvalue weighted by Gasteiger charge is -2.33. The number of aromatic nitrogens is 3. The molecule has 22 heavy (non-hydrogen) atoms. The van der Waals surface area contributed by atoms with Gasteiger partial charge in [-0.05, 0) is 25.8 Å². The lowest BCUT2D eigenvalue weighted by atomic mass is 9.94. The van der Waals surface area contributed by atoms with Crippen molar-refractivity contribution in [3.63, 3.8) is 0 Å². The first-order chi connectivity index (χ1) is 10.7. The molecule has 0 atom stereocenters. The smallest absolute Gasteiger partial charge is 0.275 e. The van der Waals surface area contributed by atoms with Gasteiger partial charge in [0.15, 0.2) is 0 Å². The first-order valence-corrected chi connectivity index (χ1v) is 9.15. The first kappa shape index (κ1) is 15.6. The van der Waals surface area contributed by atoms with Gasteiger partial charge in [-0.3, -0.25) is 9.69 Å². The van der Waals surface area contributed by atoms with Crippen molar-refractivity contribution in [1.82, 2.24) is 19.5 Å². The largest absolute Gasteiger partial charge is 0.295 e. The van der Waals surface area contributed by atoms with E-state index in [4.69, 9.17) is 0 Å². The summed E-state index contributed by atoms with van der Waals surface area (Å²) in [6.07, 6.45) is 7.40. The van der Waals surface area contributed by atoms with Crippen molar-refractivity contribution in [2.75, 3.05) is 6.54 Å². The number of fused-ring (bicyclic) bond motifs is 1. The lowest BCUT2D eigenvalue weighted by molar-refractivity contribution is 0.154. The van der Waals surface area contributed by atoms with Crippen LogP contribution in [0.15, 0.2) is 10.9 Å². The second kappa shape index (κ2) is 6.87. The van der Waals surface area contributed by atoms with Crippen molar-refractivity contribution in [2.24, 2.45) is 0 Å². The van der Waals surface area contributed by atoms with E-state index in [0.29, 0.717) is 6.04 Å². The van der Waals surface area contributed by atoms with Gasteiger partial charge >= 0.3 is 0 Å². The molecule has 0 radical (unpaired) electrons. The molecular weight excluding hydrogens is 296 g/mol. The van der Waals surface area contributed by atoms with E-state index in [1.165, 1.54) is 48.0 Å². The van der Waals surface area contributed by atoms with Crippen molar-refractivity contribution in [3.05, 3.63) is 27.1 Å². The molecule has 1 aliphatic carbocycles. The van der Waals surface area contributed by atoms with Crippen LogP contribution >= 0.6 is 11.3 Å². The maximum Gasteiger partial charge on any atom is 0.275 e. The molecule has 120 valence electrons. The molecule has 1 saturated carbocycles. The summed E-state index contributed by atoms with van der Waals surface area (Å²) in [4.78, 5) is 20.1. The Morgan fingerprint density at radius 2 is 2.09 bits per heavy atom. The molecule has 6 heteroatoms. The Hall–Kier alpha value is -1.27.